The molecular formula is C17H22N2O3S. The Balaban J connectivity index is 1.52. The van der Waals surface area contributed by atoms with Gasteiger partial charge in [0.2, 0.25) is 5.91 Å². The third-order valence-corrected chi connectivity index (χ3v) is 4.70. The quantitative estimate of drug-likeness (QED) is 0.806. The lowest BCUT2D eigenvalue weighted by Crippen LogP contribution is -2.39. The molecule has 2 aromatic rings. The first-order chi connectivity index (χ1) is 11.3. The molecular weight excluding hydrogens is 312 g/mol. The molecule has 0 aliphatic carbocycles. The van der Waals surface area contributed by atoms with Gasteiger partial charge in [0.25, 0.3) is 0 Å². The summed E-state index contributed by atoms with van der Waals surface area (Å²) in [6.07, 6.45) is 3.96. The normalized spacial score (nSPS) is 17.7. The second-order valence-corrected chi connectivity index (χ2v) is 6.78. The molecule has 124 valence electrons. The minimum atomic E-state index is 0.0311. The minimum absolute atomic E-state index is 0.0311. The molecule has 1 saturated heterocycles. The molecule has 1 aliphatic heterocycles. The van der Waals surface area contributed by atoms with Gasteiger partial charge in [-0.25, -0.2) is 0 Å². The first-order valence-electron chi connectivity index (χ1n) is 7.95. The summed E-state index contributed by atoms with van der Waals surface area (Å²) in [5, 5.41) is 5.03. The predicted molar refractivity (Wildman–Crippen MR) is 89.1 cm³/mol. The van der Waals surface area contributed by atoms with Gasteiger partial charge in [0.1, 0.15) is 5.76 Å². The molecule has 1 atom stereocenters. The third kappa shape index (κ3) is 5.20. The number of nitrogens with zero attached hydrogens (tertiary/aromatic N) is 1. The van der Waals surface area contributed by atoms with E-state index in [9.17, 15) is 4.79 Å². The highest BCUT2D eigenvalue weighted by molar-refractivity contribution is 7.09. The van der Waals surface area contributed by atoms with Crippen LogP contribution in [0, 0.1) is 0 Å². The standard InChI is InChI=1S/C17H22N2O3S/c20-17(18-10-14-4-1-7-21-14)13-19(11-15-5-2-8-22-15)12-16-6-3-9-23-16/h2-3,5-6,8-9,14H,1,4,7,10-13H2,(H,18,20)/t14-/m0/s1. The fourth-order valence-corrected chi connectivity index (χ4v) is 3.45. The van der Waals surface area contributed by atoms with Crippen LogP contribution in [0.3, 0.4) is 0 Å². The first kappa shape index (κ1) is 16.2. The fourth-order valence-electron chi connectivity index (χ4n) is 2.71. The van der Waals surface area contributed by atoms with E-state index in [0.717, 1.165) is 31.8 Å². The van der Waals surface area contributed by atoms with Gasteiger partial charge in [-0.05, 0) is 36.4 Å². The average molecular weight is 334 g/mol. The molecule has 1 amide bonds. The molecule has 3 rings (SSSR count). The van der Waals surface area contributed by atoms with E-state index in [1.807, 2.05) is 18.2 Å². The van der Waals surface area contributed by atoms with Crippen molar-refractivity contribution in [3.05, 3.63) is 46.5 Å². The molecule has 5 nitrogen and oxygen atoms in total. The Kier molecular flexibility index (Phi) is 5.85. The Morgan fingerprint density at radius 3 is 3.00 bits per heavy atom. The number of rotatable bonds is 8. The van der Waals surface area contributed by atoms with Crippen molar-refractivity contribution in [3.8, 4) is 0 Å². The maximum atomic E-state index is 12.2. The molecule has 2 aromatic heterocycles. The van der Waals surface area contributed by atoms with Crippen LogP contribution >= 0.6 is 11.3 Å². The molecule has 1 N–H and O–H groups in total. The van der Waals surface area contributed by atoms with E-state index in [0.29, 0.717) is 19.6 Å². The monoisotopic (exact) mass is 334 g/mol. The van der Waals surface area contributed by atoms with Gasteiger partial charge in [-0.2, -0.15) is 0 Å². The number of carbonyl (C=O) groups excluding carboxylic acids is 1. The molecule has 0 aromatic carbocycles. The molecule has 23 heavy (non-hydrogen) atoms. The van der Waals surface area contributed by atoms with Crippen molar-refractivity contribution in [2.45, 2.75) is 32.0 Å². The SMILES string of the molecule is O=C(CN(Cc1ccco1)Cc1cccs1)NC[C@@H]1CCCO1. The number of hydrogen-bond donors (Lipinski definition) is 1. The van der Waals surface area contributed by atoms with Crippen LogP contribution in [0.5, 0.6) is 0 Å². The van der Waals surface area contributed by atoms with E-state index in [1.165, 1.54) is 4.88 Å². The van der Waals surface area contributed by atoms with Gasteiger partial charge < -0.3 is 14.5 Å². The zero-order valence-electron chi connectivity index (χ0n) is 13.1. The van der Waals surface area contributed by atoms with Crippen molar-refractivity contribution in [2.75, 3.05) is 19.7 Å². The van der Waals surface area contributed by atoms with Gasteiger partial charge in [-0.1, -0.05) is 6.07 Å². The van der Waals surface area contributed by atoms with Crippen molar-refractivity contribution in [3.63, 3.8) is 0 Å². The molecule has 0 bridgehead atoms. The number of furan rings is 1. The Morgan fingerprint density at radius 2 is 2.30 bits per heavy atom. The number of carbonyl (C=O) groups is 1. The van der Waals surface area contributed by atoms with Crippen LogP contribution in [-0.4, -0.2) is 36.6 Å². The van der Waals surface area contributed by atoms with Gasteiger partial charge in [0.05, 0.1) is 25.5 Å². The van der Waals surface area contributed by atoms with Crippen molar-refractivity contribution >= 4 is 17.2 Å². The summed E-state index contributed by atoms with van der Waals surface area (Å²) < 4.78 is 11.0. The highest BCUT2D eigenvalue weighted by Gasteiger charge is 2.18. The smallest absolute Gasteiger partial charge is 0.234 e. The number of ether oxygens (including phenoxy) is 1. The third-order valence-electron chi connectivity index (χ3n) is 3.84. The molecule has 0 unspecified atom stereocenters. The molecule has 0 spiro atoms. The number of amides is 1. The summed E-state index contributed by atoms with van der Waals surface area (Å²) in [4.78, 5) is 15.6. The Hall–Kier alpha value is -1.63. The van der Waals surface area contributed by atoms with Crippen molar-refractivity contribution in [2.24, 2.45) is 0 Å². The lowest BCUT2D eigenvalue weighted by atomic mass is 10.2. The number of hydrogen-bond acceptors (Lipinski definition) is 5. The van der Waals surface area contributed by atoms with E-state index in [2.05, 4.69) is 21.7 Å². The molecule has 1 fully saturated rings. The molecule has 3 heterocycles. The van der Waals surface area contributed by atoms with Gasteiger partial charge in [0, 0.05) is 24.6 Å². The second-order valence-electron chi connectivity index (χ2n) is 5.74. The van der Waals surface area contributed by atoms with Crippen LogP contribution in [0.25, 0.3) is 0 Å². The Labute approximate surface area is 140 Å². The lowest BCUT2D eigenvalue weighted by molar-refractivity contribution is -0.123. The topological polar surface area (TPSA) is 54.7 Å². The summed E-state index contributed by atoms with van der Waals surface area (Å²) >= 11 is 1.70. The van der Waals surface area contributed by atoms with Gasteiger partial charge in [-0.15, -0.1) is 11.3 Å². The zero-order chi connectivity index (χ0) is 15.9. The number of nitrogens with one attached hydrogen (secondary N) is 1. The number of thiophene rings is 1. The Bertz CT molecular complexity index is 541. The van der Waals surface area contributed by atoms with Crippen LogP contribution in [0.1, 0.15) is 23.5 Å². The van der Waals surface area contributed by atoms with Crippen LogP contribution in [0.4, 0.5) is 0 Å². The molecule has 6 heteroatoms. The van der Waals surface area contributed by atoms with E-state index in [4.69, 9.17) is 9.15 Å². The summed E-state index contributed by atoms with van der Waals surface area (Å²) in [5.41, 5.74) is 0. The summed E-state index contributed by atoms with van der Waals surface area (Å²) in [7, 11) is 0. The van der Waals surface area contributed by atoms with Gasteiger partial charge in [-0.3, -0.25) is 9.69 Å². The second kappa shape index (κ2) is 8.29. The zero-order valence-corrected chi connectivity index (χ0v) is 13.9. The van der Waals surface area contributed by atoms with Crippen LogP contribution in [-0.2, 0) is 22.6 Å². The van der Waals surface area contributed by atoms with Crippen LogP contribution in [0.2, 0.25) is 0 Å². The fraction of sp³-hybridized carbons (Fsp3) is 0.471. The molecule has 1 aliphatic rings. The van der Waals surface area contributed by atoms with Gasteiger partial charge in [0.15, 0.2) is 0 Å². The maximum absolute atomic E-state index is 12.2. The lowest BCUT2D eigenvalue weighted by Gasteiger charge is -2.20. The Morgan fingerprint density at radius 1 is 1.35 bits per heavy atom. The van der Waals surface area contributed by atoms with E-state index >= 15 is 0 Å². The predicted octanol–water partition coefficient (Wildman–Crippen LogP) is 2.64. The maximum Gasteiger partial charge on any atom is 0.234 e. The van der Waals surface area contributed by atoms with Crippen molar-refractivity contribution < 1.29 is 13.9 Å². The van der Waals surface area contributed by atoms with E-state index < -0.39 is 0 Å². The van der Waals surface area contributed by atoms with Crippen LogP contribution in [0.15, 0.2) is 40.3 Å². The summed E-state index contributed by atoms with van der Waals surface area (Å²) in [5.74, 6) is 0.900. The van der Waals surface area contributed by atoms with Crippen molar-refractivity contribution in [1.82, 2.24) is 10.2 Å². The first-order valence-corrected chi connectivity index (χ1v) is 8.83. The average Bonchev–Trinajstić information content (AvgIpc) is 3.29. The van der Waals surface area contributed by atoms with Crippen LogP contribution < -0.4 is 5.32 Å². The molecule has 0 saturated carbocycles. The summed E-state index contributed by atoms with van der Waals surface area (Å²) in [6.45, 7) is 3.13. The highest BCUT2D eigenvalue weighted by Crippen LogP contribution is 2.15. The minimum Gasteiger partial charge on any atom is -0.468 e. The van der Waals surface area contributed by atoms with E-state index in [1.54, 1.807) is 17.6 Å². The van der Waals surface area contributed by atoms with Gasteiger partial charge >= 0.3 is 0 Å². The van der Waals surface area contributed by atoms with E-state index in [-0.39, 0.29) is 12.0 Å². The summed E-state index contributed by atoms with van der Waals surface area (Å²) in [6, 6.07) is 7.93. The van der Waals surface area contributed by atoms with Crippen molar-refractivity contribution in [1.29, 1.82) is 0 Å². The highest BCUT2D eigenvalue weighted by atomic mass is 32.1. The largest absolute Gasteiger partial charge is 0.468 e. The molecule has 0 radical (unpaired) electrons.